The zero-order chi connectivity index (χ0) is 15.6. The Bertz CT molecular complexity index is 992. The third-order valence-corrected chi connectivity index (χ3v) is 5.24. The zero-order valence-electron chi connectivity index (χ0n) is 13.4. The van der Waals surface area contributed by atoms with Gasteiger partial charge in [-0.15, -0.1) is 0 Å². The summed E-state index contributed by atoms with van der Waals surface area (Å²) in [5.74, 6) is 0.510. The molecule has 2 aliphatic heterocycles. The van der Waals surface area contributed by atoms with Gasteiger partial charge in [-0.25, -0.2) is 0 Å². The van der Waals surface area contributed by atoms with Gasteiger partial charge in [-0.3, -0.25) is 0 Å². The summed E-state index contributed by atoms with van der Waals surface area (Å²) in [7, 11) is 0. The van der Waals surface area contributed by atoms with Gasteiger partial charge in [0.05, 0.1) is 6.04 Å². The molecule has 0 bridgehead atoms. The zero-order valence-corrected chi connectivity index (χ0v) is 13.4. The van der Waals surface area contributed by atoms with Crippen LogP contribution >= 0.6 is 0 Å². The van der Waals surface area contributed by atoms with Crippen LogP contribution < -0.4 is 0 Å². The SMILES string of the molecule is CC1=CC2c3c(ccc4c3oc3ccccc34)[C@@H](C)CN2C=C1. The van der Waals surface area contributed by atoms with Crippen molar-refractivity contribution in [2.45, 2.75) is 25.8 Å². The van der Waals surface area contributed by atoms with E-state index in [1.54, 1.807) is 0 Å². The van der Waals surface area contributed by atoms with Crippen molar-refractivity contribution in [2.75, 3.05) is 6.54 Å². The highest BCUT2D eigenvalue weighted by molar-refractivity contribution is 6.06. The second-order valence-corrected chi connectivity index (χ2v) is 6.81. The van der Waals surface area contributed by atoms with Crippen molar-refractivity contribution in [2.24, 2.45) is 0 Å². The van der Waals surface area contributed by atoms with Crippen LogP contribution in [0.2, 0.25) is 0 Å². The first kappa shape index (κ1) is 13.0. The van der Waals surface area contributed by atoms with Crippen molar-refractivity contribution in [3.63, 3.8) is 0 Å². The summed E-state index contributed by atoms with van der Waals surface area (Å²) in [5, 5.41) is 2.44. The van der Waals surface area contributed by atoms with E-state index >= 15 is 0 Å². The monoisotopic (exact) mass is 301 g/mol. The molecule has 0 spiro atoms. The van der Waals surface area contributed by atoms with Gasteiger partial charge in [0.1, 0.15) is 11.2 Å². The third kappa shape index (κ3) is 1.75. The van der Waals surface area contributed by atoms with Crippen LogP contribution in [0.1, 0.15) is 36.9 Å². The number of allylic oxidation sites excluding steroid dienone is 2. The van der Waals surface area contributed by atoms with E-state index in [1.807, 2.05) is 6.07 Å². The fourth-order valence-electron chi connectivity index (χ4n) is 4.10. The Labute approximate surface area is 135 Å². The fraction of sp³-hybridized carbons (Fsp3) is 0.238. The maximum Gasteiger partial charge on any atom is 0.141 e. The van der Waals surface area contributed by atoms with E-state index < -0.39 is 0 Å². The number of rotatable bonds is 0. The molecule has 0 N–H and O–H groups in total. The average Bonchev–Trinajstić information content (AvgIpc) is 2.94. The minimum absolute atomic E-state index is 0.287. The highest BCUT2D eigenvalue weighted by Gasteiger charge is 2.32. The molecular weight excluding hydrogens is 282 g/mol. The topological polar surface area (TPSA) is 16.4 Å². The highest BCUT2D eigenvalue weighted by atomic mass is 16.3. The summed E-state index contributed by atoms with van der Waals surface area (Å²) >= 11 is 0. The van der Waals surface area contributed by atoms with Gasteiger partial charge in [-0.2, -0.15) is 0 Å². The molecule has 2 nitrogen and oxygen atoms in total. The average molecular weight is 301 g/mol. The first-order valence-electron chi connectivity index (χ1n) is 8.29. The molecule has 114 valence electrons. The van der Waals surface area contributed by atoms with Gasteiger partial charge in [-0.05, 0) is 30.5 Å². The molecule has 2 atom stereocenters. The van der Waals surface area contributed by atoms with Crippen LogP contribution in [-0.2, 0) is 0 Å². The number of para-hydroxylation sites is 1. The molecule has 3 heterocycles. The molecule has 0 fully saturated rings. The molecule has 5 rings (SSSR count). The van der Waals surface area contributed by atoms with Crippen molar-refractivity contribution in [3.8, 4) is 0 Å². The van der Waals surface area contributed by atoms with Crippen LogP contribution in [0.15, 0.2) is 64.7 Å². The molecule has 2 aromatic carbocycles. The van der Waals surface area contributed by atoms with Crippen LogP contribution in [0, 0.1) is 0 Å². The number of benzene rings is 2. The van der Waals surface area contributed by atoms with E-state index in [1.165, 1.54) is 27.5 Å². The second-order valence-electron chi connectivity index (χ2n) is 6.81. The van der Waals surface area contributed by atoms with E-state index in [0.717, 1.165) is 17.7 Å². The third-order valence-electron chi connectivity index (χ3n) is 5.24. The van der Waals surface area contributed by atoms with Crippen LogP contribution in [-0.4, -0.2) is 11.4 Å². The quantitative estimate of drug-likeness (QED) is 0.543. The minimum Gasteiger partial charge on any atom is -0.456 e. The molecule has 0 saturated heterocycles. The van der Waals surface area contributed by atoms with Crippen molar-refractivity contribution < 1.29 is 4.42 Å². The molecule has 2 heteroatoms. The van der Waals surface area contributed by atoms with E-state index in [2.05, 4.69) is 67.4 Å². The normalized spacial score (nSPS) is 23.0. The molecule has 2 aliphatic rings. The first-order valence-corrected chi connectivity index (χ1v) is 8.29. The van der Waals surface area contributed by atoms with E-state index in [4.69, 9.17) is 4.42 Å². The number of furan rings is 1. The van der Waals surface area contributed by atoms with Gasteiger partial charge in [0.15, 0.2) is 0 Å². The fourth-order valence-corrected chi connectivity index (χ4v) is 4.10. The number of fused-ring (bicyclic) bond motifs is 7. The van der Waals surface area contributed by atoms with Crippen LogP contribution in [0.5, 0.6) is 0 Å². The minimum atomic E-state index is 0.287. The summed E-state index contributed by atoms with van der Waals surface area (Å²) in [4.78, 5) is 2.44. The molecule has 0 radical (unpaired) electrons. The summed E-state index contributed by atoms with van der Waals surface area (Å²) in [6, 6.07) is 13.2. The van der Waals surface area contributed by atoms with Crippen molar-refractivity contribution >= 4 is 21.9 Å². The second kappa shape index (κ2) is 4.51. The molecule has 1 unspecified atom stereocenters. The predicted molar refractivity (Wildman–Crippen MR) is 94.5 cm³/mol. The van der Waals surface area contributed by atoms with Gasteiger partial charge in [0, 0.05) is 29.1 Å². The van der Waals surface area contributed by atoms with Gasteiger partial charge < -0.3 is 9.32 Å². The lowest BCUT2D eigenvalue weighted by atomic mass is 9.83. The van der Waals surface area contributed by atoms with E-state index in [9.17, 15) is 0 Å². The van der Waals surface area contributed by atoms with Crippen LogP contribution in [0.4, 0.5) is 0 Å². The number of hydrogen-bond acceptors (Lipinski definition) is 2. The van der Waals surface area contributed by atoms with Gasteiger partial charge in [0.25, 0.3) is 0 Å². The smallest absolute Gasteiger partial charge is 0.141 e. The van der Waals surface area contributed by atoms with Gasteiger partial charge in [-0.1, -0.05) is 48.9 Å². The summed E-state index contributed by atoms with van der Waals surface area (Å²) in [6.45, 7) is 5.54. The molecule has 0 aliphatic carbocycles. The Morgan fingerprint density at radius 1 is 1.09 bits per heavy atom. The number of hydrogen-bond donors (Lipinski definition) is 0. The highest BCUT2D eigenvalue weighted by Crippen LogP contribution is 2.44. The first-order chi connectivity index (χ1) is 11.2. The predicted octanol–water partition coefficient (Wildman–Crippen LogP) is 5.52. The van der Waals surface area contributed by atoms with Gasteiger partial charge >= 0.3 is 0 Å². The van der Waals surface area contributed by atoms with Crippen molar-refractivity contribution in [1.82, 2.24) is 4.90 Å². The molecule has 0 saturated carbocycles. The molecule has 0 amide bonds. The molecule has 23 heavy (non-hydrogen) atoms. The Balaban J connectivity index is 1.88. The summed E-state index contributed by atoms with van der Waals surface area (Å²) < 4.78 is 6.30. The van der Waals surface area contributed by atoms with Crippen molar-refractivity contribution in [3.05, 3.63) is 71.5 Å². The molecule has 1 aromatic heterocycles. The summed E-state index contributed by atoms with van der Waals surface area (Å²) in [6.07, 6.45) is 6.80. The van der Waals surface area contributed by atoms with Gasteiger partial charge in [0.2, 0.25) is 0 Å². The molecular formula is C21H19NO. The van der Waals surface area contributed by atoms with E-state index in [-0.39, 0.29) is 6.04 Å². The lowest BCUT2D eigenvalue weighted by Gasteiger charge is -2.40. The lowest BCUT2D eigenvalue weighted by molar-refractivity contribution is 0.280. The van der Waals surface area contributed by atoms with E-state index in [0.29, 0.717) is 5.92 Å². The Morgan fingerprint density at radius 2 is 1.96 bits per heavy atom. The maximum absolute atomic E-state index is 6.30. The standard InChI is InChI=1S/C21H19NO/c1-13-9-10-22-12-14(2)15-7-8-17-16-5-3-4-6-19(16)23-21(17)20(15)18(22)11-13/h3-11,14,18H,12H2,1-2H3/t14-,18?/m0/s1. The van der Waals surface area contributed by atoms with Crippen molar-refractivity contribution in [1.29, 1.82) is 0 Å². The largest absolute Gasteiger partial charge is 0.456 e. The van der Waals surface area contributed by atoms with Crippen LogP contribution in [0.3, 0.4) is 0 Å². The van der Waals surface area contributed by atoms with Crippen LogP contribution in [0.25, 0.3) is 21.9 Å². The summed E-state index contributed by atoms with van der Waals surface area (Å²) in [5.41, 5.74) is 6.13. The molecule has 3 aromatic rings. The maximum atomic E-state index is 6.30. The number of nitrogens with zero attached hydrogens (tertiary/aromatic N) is 1. The Hall–Kier alpha value is -2.48. The Kier molecular flexibility index (Phi) is 2.55. The Morgan fingerprint density at radius 3 is 2.87 bits per heavy atom. The lowest BCUT2D eigenvalue weighted by Crippen LogP contribution is -2.33.